The van der Waals surface area contributed by atoms with Gasteiger partial charge in [0.15, 0.2) is 5.58 Å². The van der Waals surface area contributed by atoms with Gasteiger partial charge in [0, 0.05) is 29.8 Å². The Bertz CT molecular complexity index is 1380. The van der Waals surface area contributed by atoms with E-state index in [1.54, 1.807) is 54.6 Å². The molecule has 0 N–H and O–H groups in total. The van der Waals surface area contributed by atoms with E-state index in [2.05, 4.69) is 4.98 Å². The molecule has 2 aromatic heterocycles. The molecule has 32 heavy (non-hydrogen) atoms. The Balaban J connectivity index is 1.32. The molecular formula is C23H19ClN2O5S. The molecule has 1 fully saturated rings. The summed E-state index contributed by atoms with van der Waals surface area (Å²) in [5, 5.41) is 0.598. The summed E-state index contributed by atoms with van der Waals surface area (Å²) < 4.78 is 43.7. The number of ether oxygens (including phenoxy) is 1. The highest BCUT2D eigenvalue weighted by atomic mass is 35.5. The lowest BCUT2D eigenvalue weighted by Gasteiger charge is -2.26. The summed E-state index contributed by atoms with van der Waals surface area (Å²) in [6, 6.07) is 15.6. The van der Waals surface area contributed by atoms with Crippen molar-refractivity contribution >= 4 is 44.9 Å². The first kappa shape index (κ1) is 21.0. The third-order valence-corrected chi connectivity index (χ3v) is 7.28. The molecule has 9 heteroatoms. The van der Waals surface area contributed by atoms with E-state index in [0.29, 0.717) is 59.8 Å². The van der Waals surface area contributed by atoms with Crippen LogP contribution in [-0.2, 0) is 14.8 Å². The highest BCUT2D eigenvalue weighted by Gasteiger charge is 2.26. The number of hydrogen-bond acceptors (Lipinski definition) is 6. The molecule has 0 unspecified atom stereocenters. The third-order valence-electron chi connectivity index (χ3n) is 5.13. The fourth-order valence-corrected chi connectivity index (χ4v) is 5.04. The standard InChI is InChI=1S/C23H19ClN2O5S/c24-17-3-8-22-20(15-17)25-23(31-22)10-5-18-4-9-21(30-18)16-1-6-19(7-2-16)32(27,28)26-11-13-29-14-12-26/h1-10,15H,11-14H2/b10-5+. The van der Waals surface area contributed by atoms with E-state index in [1.165, 1.54) is 4.31 Å². The SMILES string of the molecule is O=S(=O)(c1ccc(-c2ccc(/C=C/c3nc4cc(Cl)ccc4o3)o2)cc1)N1CCOCC1. The number of furan rings is 1. The summed E-state index contributed by atoms with van der Waals surface area (Å²) in [6.07, 6.45) is 3.47. The minimum atomic E-state index is -3.52. The predicted octanol–water partition coefficient (Wildman–Crippen LogP) is 4.93. The second-order valence-corrected chi connectivity index (χ2v) is 9.61. The first-order valence-corrected chi connectivity index (χ1v) is 11.8. The largest absolute Gasteiger partial charge is 0.457 e. The Labute approximate surface area is 189 Å². The molecule has 7 nitrogen and oxygen atoms in total. The van der Waals surface area contributed by atoms with Crippen molar-refractivity contribution < 1.29 is 22.0 Å². The Morgan fingerprint density at radius 3 is 2.50 bits per heavy atom. The van der Waals surface area contributed by atoms with Crippen molar-refractivity contribution in [1.82, 2.24) is 9.29 Å². The number of benzene rings is 2. The molecule has 3 heterocycles. The van der Waals surface area contributed by atoms with E-state index in [-0.39, 0.29) is 4.90 Å². The van der Waals surface area contributed by atoms with E-state index >= 15 is 0 Å². The van der Waals surface area contributed by atoms with Gasteiger partial charge in [-0.2, -0.15) is 4.31 Å². The Kier molecular flexibility index (Phi) is 5.60. The molecule has 5 rings (SSSR count). The normalized spacial score (nSPS) is 15.7. The van der Waals surface area contributed by atoms with Crippen LogP contribution in [0.15, 0.2) is 68.3 Å². The lowest BCUT2D eigenvalue weighted by atomic mass is 10.2. The van der Waals surface area contributed by atoms with Crippen LogP contribution < -0.4 is 0 Å². The van der Waals surface area contributed by atoms with Crippen molar-refractivity contribution in [3.05, 3.63) is 71.3 Å². The molecule has 1 saturated heterocycles. The van der Waals surface area contributed by atoms with Crippen LogP contribution in [0.2, 0.25) is 5.02 Å². The van der Waals surface area contributed by atoms with Gasteiger partial charge in [0.2, 0.25) is 15.9 Å². The van der Waals surface area contributed by atoms with Crippen molar-refractivity contribution in [2.75, 3.05) is 26.3 Å². The molecule has 1 aliphatic rings. The van der Waals surface area contributed by atoms with Gasteiger partial charge in [0.25, 0.3) is 0 Å². The van der Waals surface area contributed by atoms with E-state index in [0.717, 1.165) is 5.56 Å². The van der Waals surface area contributed by atoms with Crippen LogP contribution >= 0.6 is 11.6 Å². The second-order valence-electron chi connectivity index (χ2n) is 7.24. The van der Waals surface area contributed by atoms with Crippen LogP contribution in [0.3, 0.4) is 0 Å². The fraction of sp³-hybridized carbons (Fsp3) is 0.174. The maximum Gasteiger partial charge on any atom is 0.243 e. The number of fused-ring (bicyclic) bond motifs is 1. The maximum absolute atomic E-state index is 12.8. The van der Waals surface area contributed by atoms with Crippen LogP contribution in [0.1, 0.15) is 11.7 Å². The van der Waals surface area contributed by atoms with Gasteiger partial charge in [-0.25, -0.2) is 13.4 Å². The van der Waals surface area contributed by atoms with Crippen LogP contribution in [0.5, 0.6) is 0 Å². The summed E-state index contributed by atoms with van der Waals surface area (Å²) in [5.41, 5.74) is 2.12. The van der Waals surface area contributed by atoms with Crippen molar-refractivity contribution in [3.8, 4) is 11.3 Å². The van der Waals surface area contributed by atoms with E-state index in [1.807, 2.05) is 12.1 Å². The molecule has 0 amide bonds. The molecular weight excluding hydrogens is 452 g/mol. The van der Waals surface area contributed by atoms with Crippen molar-refractivity contribution in [2.24, 2.45) is 0 Å². The average molecular weight is 471 g/mol. The monoisotopic (exact) mass is 470 g/mol. The van der Waals surface area contributed by atoms with Gasteiger partial charge >= 0.3 is 0 Å². The quantitative estimate of drug-likeness (QED) is 0.411. The molecule has 164 valence electrons. The lowest BCUT2D eigenvalue weighted by Crippen LogP contribution is -2.40. The smallest absolute Gasteiger partial charge is 0.243 e. The highest BCUT2D eigenvalue weighted by molar-refractivity contribution is 7.89. The average Bonchev–Trinajstić information content (AvgIpc) is 3.45. The van der Waals surface area contributed by atoms with Gasteiger partial charge in [0.1, 0.15) is 17.0 Å². The summed E-state index contributed by atoms with van der Waals surface area (Å²) in [7, 11) is -3.52. The van der Waals surface area contributed by atoms with Gasteiger partial charge in [-0.15, -0.1) is 0 Å². The summed E-state index contributed by atoms with van der Waals surface area (Å²) in [6.45, 7) is 1.56. The fourth-order valence-electron chi connectivity index (χ4n) is 3.47. The van der Waals surface area contributed by atoms with Gasteiger partial charge in [-0.05, 0) is 60.7 Å². The molecule has 0 bridgehead atoms. The zero-order valence-corrected chi connectivity index (χ0v) is 18.5. The Hall–Kier alpha value is -2.91. The molecule has 0 saturated carbocycles. The van der Waals surface area contributed by atoms with Crippen LogP contribution in [0, 0.1) is 0 Å². The predicted molar refractivity (Wildman–Crippen MR) is 122 cm³/mol. The van der Waals surface area contributed by atoms with Gasteiger partial charge in [0.05, 0.1) is 18.1 Å². The van der Waals surface area contributed by atoms with Gasteiger partial charge in [-0.1, -0.05) is 11.6 Å². The number of rotatable bonds is 5. The molecule has 2 aromatic carbocycles. The number of morpholine rings is 1. The van der Waals surface area contributed by atoms with Crippen molar-refractivity contribution in [3.63, 3.8) is 0 Å². The maximum atomic E-state index is 12.8. The summed E-state index contributed by atoms with van der Waals surface area (Å²) >= 11 is 5.98. The van der Waals surface area contributed by atoms with Crippen LogP contribution in [0.25, 0.3) is 34.6 Å². The number of nitrogens with zero attached hydrogens (tertiary/aromatic N) is 2. The summed E-state index contributed by atoms with van der Waals surface area (Å²) in [5.74, 6) is 1.69. The van der Waals surface area contributed by atoms with E-state index in [4.69, 9.17) is 25.2 Å². The molecule has 0 spiro atoms. The molecule has 1 aliphatic heterocycles. The minimum Gasteiger partial charge on any atom is -0.457 e. The minimum absolute atomic E-state index is 0.255. The third kappa shape index (κ3) is 4.22. The van der Waals surface area contributed by atoms with Crippen molar-refractivity contribution in [1.29, 1.82) is 0 Å². The number of oxazole rings is 1. The lowest BCUT2D eigenvalue weighted by molar-refractivity contribution is 0.0730. The number of hydrogen-bond donors (Lipinski definition) is 0. The zero-order valence-electron chi connectivity index (χ0n) is 16.9. The van der Waals surface area contributed by atoms with Crippen LogP contribution in [-0.4, -0.2) is 44.0 Å². The number of halogens is 1. The molecule has 0 atom stereocenters. The first-order valence-electron chi connectivity index (χ1n) is 10.0. The topological polar surface area (TPSA) is 85.8 Å². The number of aromatic nitrogens is 1. The number of sulfonamides is 1. The van der Waals surface area contributed by atoms with E-state index in [9.17, 15) is 8.42 Å². The van der Waals surface area contributed by atoms with Gasteiger partial charge < -0.3 is 13.6 Å². The molecule has 0 aliphatic carbocycles. The highest BCUT2D eigenvalue weighted by Crippen LogP contribution is 2.26. The van der Waals surface area contributed by atoms with Crippen LogP contribution in [0.4, 0.5) is 0 Å². The van der Waals surface area contributed by atoms with Gasteiger partial charge in [-0.3, -0.25) is 0 Å². The molecule has 0 radical (unpaired) electrons. The van der Waals surface area contributed by atoms with Crippen molar-refractivity contribution in [2.45, 2.75) is 4.90 Å². The first-order chi connectivity index (χ1) is 15.5. The Morgan fingerprint density at radius 2 is 1.72 bits per heavy atom. The summed E-state index contributed by atoms with van der Waals surface area (Å²) in [4.78, 5) is 4.63. The Morgan fingerprint density at radius 1 is 0.938 bits per heavy atom. The zero-order chi connectivity index (χ0) is 22.1. The molecule has 4 aromatic rings. The van der Waals surface area contributed by atoms with E-state index < -0.39 is 10.0 Å². The second kappa shape index (κ2) is 8.55.